The molecule has 1 unspecified atom stereocenters. The van der Waals surface area contributed by atoms with Crippen LogP contribution < -0.4 is 10.7 Å². The number of rotatable bonds is 10. The van der Waals surface area contributed by atoms with Gasteiger partial charge in [0.2, 0.25) is 17.7 Å². The van der Waals surface area contributed by atoms with Crippen LogP contribution in [0, 0.1) is 17.3 Å². The molecule has 2 N–H and O–H groups in total. The number of ether oxygens (including phenoxy) is 2. The van der Waals surface area contributed by atoms with Crippen molar-refractivity contribution >= 4 is 40.6 Å². The Hall–Kier alpha value is -5.93. The second-order valence-corrected chi connectivity index (χ2v) is 18.8. The number of carbonyl (C=O) groups is 5. The summed E-state index contributed by atoms with van der Waals surface area (Å²) in [7, 11) is 3.28. The molecule has 346 valence electrons. The maximum Gasteiger partial charge on any atom is 0.324 e. The summed E-state index contributed by atoms with van der Waals surface area (Å²) >= 11 is 0. The first-order valence-electron chi connectivity index (χ1n) is 22.9. The molecule has 15 nitrogen and oxygen atoms in total. The summed E-state index contributed by atoms with van der Waals surface area (Å²) in [5.41, 5.74) is 9.79. The average Bonchev–Trinajstić information content (AvgIpc) is 3.92. The minimum atomic E-state index is -1.06. The Labute approximate surface area is 381 Å². The van der Waals surface area contributed by atoms with Gasteiger partial charge in [0.1, 0.15) is 23.8 Å². The molecule has 1 aromatic carbocycles. The number of likely N-dealkylation sites (N-methyl/N-ethyl adjacent to an activating group) is 1. The van der Waals surface area contributed by atoms with E-state index in [9.17, 15) is 24.0 Å². The van der Waals surface area contributed by atoms with E-state index in [-0.39, 0.29) is 43.4 Å². The van der Waals surface area contributed by atoms with E-state index in [1.54, 1.807) is 25.3 Å². The number of hydrogen-bond acceptors (Lipinski definition) is 10. The van der Waals surface area contributed by atoms with Crippen LogP contribution >= 0.6 is 0 Å². The predicted molar refractivity (Wildman–Crippen MR) is 248 cm³/mol. The summed E-state index contributed by atoms with van der Waals surface area (Å²) in [6.45, 7) is 17.3. The third kappa shape index (κ3) is 9.86. The number of methoxy groups -OCH3 is 1. The number of aromatic nitrogens is 3. The highest BCUT2D eigenvalue weighted by Gasteiger charge is 2.40. The minimum absolute atomic E-state index is 0.116. The van der Waals surface area contributed by atoms with E-state index < -0.39 is 47.2 Å². The standard InChI is InChI=1S/C50H64N8O7/c1-10-41(59)56-22-19-34(28-56)47(61)55(8)43(30(3)4)46(60)53-40-24-32-15-12-16-33(23-32)35-25-37-38(26-50(6,7)29-65-49(63)39-18-14-21-58(54-39)48(40)62)44(57(11-2)45(37)52-27-35)36-17-13-20-51-42(36)31(5)64-9/h10,12-13,15-17,20,23,25,27,30-31,34,39-40,43,54H,1,11,14,18-19,21-22,24,26,28-29H2,2-9H3,(H,53,60)/t31-,34?,39-,40-,43-/m0/s1. The number of pyridine rings is 2. The van der Waals surface area contributed by atoms with Crippen molar-refractivity contribution < 1.29 is 33.4 Å². The minimum Gasteiger partial charge on any atom is -0.464 e. The molecule has 4 amide bonds. The lowest BCUT2D eigenvalue weighted by molar-refractivity contribution is -0.155. The number of esters is 1. The number of nitrogens with zero attached hydrogens (tertiary/aromatic N) is 6. The molecule has 15 heteroatoms. The zero-order valence-electron chi connectivity index (χ0n) is 39.1. The number of amides is 4. The van der Waals surface area contributed by atoms with Gasteiger partial charge in [0.15, 0.2) is 0 Å². The Morgan fingerprint density at radius 1 is 1.08 bits per heavy atom. The van der Waals surface area contributed by atoms with Crippen LogP contribution in [0.15, 0.2) is 67.5 Å². The van der Waals surface area contributed by atoms with Crippen LogP contribution in [-0.4, -0.2) is 117 Å². The molecule has 0 saturated carbocycles. The SMILES string of the molecule is C=CC(=O)N1CCC(C(=O)N(C)[C@H](C(=O)N[C@H]2Cc3cccc(c3)-c3cnc4c(c3)c(c(-c3cccnc3[C@H](C)OC)n4CC)CC(C)(C)COC(=O)[C@@H]3CCCN(N3)C2=O)C(C)C)C1. The molecule has 3 aromatic heterocycles. The lowest BCUT2D eigenvalue weighted by atomic mass is 9.84. The highest BCUT2D eigenvalue weighted by molar-refractivity contribution is 5.95. The highest BCUT2D eigenvalue weighted by atomic mass is 16.5. The summed E-state index contributed by atoms with van der Waals surface area (Å²) in [4.78, 5) is 82.2. The molecule has 3 aliphatic heterocycles. The van der Waals surface area contributed by atoms with Crippen molar-refractivity contribution in [1.29, 1.82) is 0 Å². The molecule has 4 aromatic rings. The van der Waals surface area contributed by atoms with Gasteiger partial charge in [-0.3, -0.25) is 34.0 Å². The molecule has 0 radical (unpaired) electrons. The van der Waals surface area contributed by atoms with Crippen molar-refractivity contribution in [2.24, 2.45) is 17.3 Å². The van der Waals surface area contributed by atoms with Gasteiger partial charge in [0.05, 0.1) is 30.0 Å². The summed E-state index contributed by atoms with van der Waals surface area (Å²) < 4.78 is 14.1. The van der Waals surface area contributed by atoms with Gasteiger partial charge in [0.25, 0.3) is 5.91 Å². The molecule has 7 rings (SSSR count). The lowest BCUT2D eigenvalue weighted by Gasteiger charge is -2.37. The van der Waals surface area contributed by atoms with Crippen LogP contribution in [0.25, 0.3) is 33.4 Å². The van der Waals surface area contributed by atoms with Gasteiger partial charge in [-0.1, -0.05) is 58.5 Å². The van der Waals surface area contributed by atoms with Gasteiger partial charge in [-0.15, -0.1) is 0 Å². The topological polar surface area (TPSA) is 168 Å². The molecule has 65 heavy (non-hydrogen) atoms. The second-order valence-electron chi connectivity index (χ2n) is 18.8. The Bertz CT molecular complexity index is 2460. The van der Waals surface area contributed by atoms with Crippen molar-refractivity contribution in [3.05, 3.63) is 84.3 Å². The van der Waals surface area contributed by atoms with Gasteiger partial charge >= 0.3 is 5.97 Å². The smallest absolute Gasteiger partial charge is 0.324 e. The molecule has 2 saturated heterocycles. The van der Waals surface area contributed by atoms with Gasteiger partial charge in [-0.05, 0) is 86.4 Å². The molecule has 6 bridgehead atoms. The fourth-order valence-corrected chi connectivity index (χ4v) is 9.71. The number of benzene rings is 1. The summed E-state index contributed by atoms with van der Waals surface area (Å²) in [5.74, 6) is -2.61. The zero-order valence-corrected chi connectivity index (χ0v) is 39.1. The van der Waals surface area contributed by atoms with Gasteiger partial charge < -0.3 is 29.2 Å². The number of likely N-dealkylation sites (tertiary alicyclic amines) is 1. The molecule has 2 fully saturated rings. The number of aryl methyl sites for hydroxylation is 1. The normalized spacial score (nSPS) is 21.1. The third-order valence-electron chi connectivity index (χ3n) is 13.2. The van der Waals surface area contributed by atoms with E-state index in [0.717, 1.165) is 50.2 Å². The summed E-state index contributed by atoms with van der Waals surface area (Å²) in [6, 6.07) is 11.3. The Kier molecular flexibility index (Phi) is 14.2. The fraction of sp³-hybridized carbons (Fsp3) is 0.500. The van der Waals surface area contributed by atoms with Crippen LogP contribution in [-0.2, 0) is 52.8 Å². The van der Waals surface area contributed by atoms with Crippen LogP contribution in [0.4, 0.5) is 0 Å². The van der Waals surface area contributed by atoms with Crippen LogP contribution in [0.5, 0.6) is 0 Å². The van der Waals surface area contributed by atoms with Gasteiger partial charge in [-0.2, -0.15) is 0 Å². The predicted octanol–water partition coefficient (Wildman–Crippen LogP) is 5.66. The van der Waals surface area contributed by atoms with Crippen molar-refractivity contribution in [1.82, 2.24) is 40.1 Å². The van der Waals surface area contributed by atoms with Gasteiger partial charge in [0, 0.05) is 81.1 Å². The first-order chi connectivity index (χ1) is 31.0. The number of nitrogens with one attached hydrogen (secondary N) is 2. The Morgan fingerprint density at radius 2 is 1.86 bits per heavy atom. The van der Waals surface area contributed by atoms with E-state index >= 15 is 0 Å². The number of hydrazine groups is 1. The molecule has 5 atom stereocenters. The number of carbonyl (C=O) groups excluding carboxylic acids is 5. The second kappa shape index (κ2) is 19.7. The van der Waals surface area contributed by atoms with Crippen molar-refractivity contribution in [2.45, 2.75) is 104 Å². The van der Waals surface area contributed by atoms with E-state index in [4.69, 9.17) is 19.4 Å². The highest BCUT2D eigenvalue weighted by Crippen LogP contribution is 2.41. The monoisotopic (exact) mass is 888 g/mol. The number of cyclic esters (lactones) is 1. The van der Waals surface area contributed by atoms with Crippen LogP contribution in [0.3, 0.4) is 0 Å². The van der Waals surface area contributed by atoms with E-state index in [0.29, 0.717) is 45.3 Å². The lowest BCUT2D eigenvalue weighted by Crippen LogP contribution is -2.62. The zero-order chi connectivity index (χ0) is 46.7. The molecule has 6 heterocycles. The van der Waals surface area contributed by atoms with Gasteiger partial charge in [-0.25, -0.2) is 10.4 Å². The number of hydrogen-bond donors (Lipinski definition) is 2. The van der Waals surface area contributed by atoms with Crippen molar-refractivity contribution in [3.63, 3.8) is 0 Å². The van der Waals surface area contributed by atoms with Crippen molar-refractivity contribution in [3.8, 4) is 22.4 Å². The van der Waals surface area contributed by atoms with Crippen LogP contribution in [0.1, 0.15) is 83.7 Å². The first-order valence-corrected chi connectivity index (χ1v) is 22.9. The molecule has 0 aliphatic carbocycles. The maximum atomic E-state index is 14.7. The molecular weight excluding hydrogens is 825 g/mol. The maximum absolute atomic E-state index is 14.7. The fourth-order valence-electron chi connectivity index (χ4n) is 9.71. The van der Waals surface area contributed by atoms with Crippen LogP contribution in [0.2, 0.25) is 0 Å². The summed E-state index contributed by atoms with van der Waals surface area (Å²) in [5, 5.41) is 5.44. The van der Waals surface area contributed by atoms with E-state index in [2.05, 4.69) is 54.8 Å². The average molecular weight is 889 g/mol. The Morgan fingerprint density at radius 3 is 2.58 bits per heavy atom. The third-order valence-corrected chi connectivity index (χ3v) is 13.2. The molecular formula is C50H64N8O7. The summed E-state index contributed by atoms with van der Waals surface area (Å²) in [6.07, 6.45) is 6.77. The van der Waals surface area contributed by atoms with E-state index in [1.807, 2.05) is 57.3 Å². The number of fused-ring (bicyclic) bond motifs is 6. The van der Waals surface area contributed by atoms with Crippen molar-refractivity contribution in [2.75, 3.05) is 40.4 Å². The van der Waals surface area contributed by atoms with E-state index in [1.165, 1.54) is 16.0 Å². The Balaban J connectivity index is 1.29. The largest absolute Gasteiger partial charge is 0.464 e. The molecule has 0 spiro atoms. The first kappa shape index (κ1) is 47.0. The molecule has 3 aliphatic rings. The quantitative estimate of drug-likeness (QED) is 0.150.